The van der Waals surface area contributed by atoms with Crippen LogP contribution < -0.4 is 0 Å². The number of fused-ring (bicyclic) bond motifs is 1. The van der Waals surface area contributed by atoms with Crippen LogP contribution in [0.1, 0.15) is 0 Å². The highest BCUT2D eigenvalue weighted by Crippen LogP contribution is 2.09. The van der Waals surface area contributed by atoms with E-state index in [1.165, 1.54) is 4.68 Å². The van der Waals surface area contributed by atoms with Crippen molar-refractivity contribution in [1.29, 1.82) is 0 Å². The van der Waals surface area contributed by atoms with Gasteiger partial charge in [-0.15, -0.1) is 5.10 Å². The van der Waals surface area contributed by atoms with E-state index in [9.17, 15) is 0 Å². The molecule has 68 valence electrons. The molecule has 0 unspecified atom stereocenters. The van der Waals surface area contributed by atoms with Crippen molar-refractivity contribution in [1.82, 2.24) is 15.0 Å². The van der Waals surface area contributed by atoms with Gasteiger partial charge in [-0.25, -0.2) is 4.68 Å². The van der Waals surface area contributed by atoms with Crippen molar-refractivity contribution in [2.24, 2.45) is 0 Å². The van der Waals surface area contributed by atoms with Gasteiger partial charge in [-0.1, -0.05) is 17.3 Å². The molecule has 0 saturated heterocycles. The van der Waals surface area contributed by atoms with E-state index in [4.69, 9.17) is 10.2 Å². The summed E-state index contributed by atoms with van der Waals surface area (Å²) in [6, 6.07) is 7.36. The molecule has 0 saturated carbocycles. The Bertz CT molecular complexity index is 410. The summed E-state index contributed by atoms with van der Waals surface area (Å²) in [5, 5.41) is 25.1. The van der Waals surface area contributed by atoms with Gasteiger partial charge < -0.3 is 10.2 Å². The topological polar surface area (TPSA) is 71.2 Å². The Hall–Kier alpha value is -1.46. The van der Waals surface area contributed by atoms with Gasteiger partial charge in [0.1, 0.15) is 5.52 Å². The van der Waals surface area contributed by atoms with E-state index in [2.05, 4.69) is 10.3 Å². The van der Waals surface area contributed by atoms with Crippen LogP contribution in [-0.2, 0) is 6.54 Å². The first kappa shape index (κ1) is 8.15. The molecule has 0 radical (unpaired) electrons. The largest absolute Gasteiger partial charge is 0.367 e. The minimum atomic E-state index is -1.40. The van der Waals surface area contributed by atoms with E-state index in [0.717, 1.165) is 11.0 Å². The summed E-state index contributed by atoms with van der Waals surface area (Å²) in [7, 11) is 0. The fourth-order valence-corrected chi connectivity index (χ4v) is 1.21. The highest BCUT2D eigenvalue weighted by molar-refractivity contribution is 5.73. The molecule has 0 aliphatic heterocycles. The summed E-state index contributed by atoms with van der Waals surface area (Å²) < 4.78 is 1.46. The summed E-state index contributed by atoms with van der Waals surface area (Å²) in [6.45, 7) is 0.0422. The maximum Gasteiger partial charge on any atom is 0.171 e. The molecule has 5 heteroatoms. The molecule has 0 aliphatic carbocycles. The van der Waals surface area contributed by atoms with Gasteiger partial charge >= 0.3 is 0 Å². The number of hydrogen-bond donors (Lipinski definition) is 2. The summed E-state index contributed by atoms with van der Waals surface area (Å²) >= 11 is 0. The number of nitrogens with zero attached hydrogens (tertiary/aromatic N) is 3. The normalized spacial score (nSPS) is 11.3. The Morgan fingerprint density at radius 2 is 2.08 bits per heavy atom. The zero-order valence-corrected chi connectivity index (χ0v) is 6.83. The van der Waals surface area contributed by atoms with E-state index in [1.54, 1.807) is 0 Å². The van der Waals surface area contributed by atoms with E-state index in [1.807, 2.05) is 24.3 Å². The molecular weight excluding hydrogens is 170 g/mol. The Morgan fingerprint density at radius 1 is 1.31 bits per heavy atom. The van der Waals surface area contributed by atoms with Crippen LogP contribution in [0.25, 0.3) is 11.0 Å². The van der Waals surface area contributed by atoms with Crippen LogP contribution in [0.5, 0.6) is 0 Å². The lowest BCUT2D eigenvalue weighted by molar-refractivity contribution is -0.0529. The van der Waals surface area contributed by atoms with Crippen LogP contribution in [0.4, 0.5) is 0 Å². The monoisotopic (exact) mass is 179 g/mol. The number of aliphatic hydroxyl groups excluding tert-OH is 1. The lowest BCUT2D eigenvalue weighted by atomic mass is 10.3. The van der Waals surface area contributed by atoms with Crippen LogP contribution >= 0.6 is 0 Å². The Balaban J connectivity index is 2.46. The van der Waals surface area contributed by atoms with Crippen LogP contribution in [0.15, 0.2) is 24.3 Å². The average Bonchev–Trinajstić information content (AvgIpc) is 2.48. The summed E-state index contributed by atoms with van der Waals surface area (Å²) in [5.74, 6) is 0. The standard InChI is InChI=1S/C8H9N3O2/c12-8(13)5-11-7-4-2-1-3-6(7)9-10-11/h1-4,8,12-13H,5H2. The minimum absolute atomic E-state index is 0.0422. The van der Waals surface area contributed by atoms with Gasteiger partial charge in [0.2, 0.25) is 0 Å². The fraction of sp³-hybridized carbons (Fsp3) is 0.250. The third-order valence-electron chi connectivity index (χ3n) is 1.76. The van der Waals surface area contributed by atoms with Crippen molar-refractivity contribution in [3.8, 4) is 0 Å². The predicted molar refractivity (Wildman–Crippen MR) is 45.8 cm³/mol. The lowest BCUT2D eigenvalue weighted by Gasteiger charge is -2.02. The van der Waals surface area contributed by atoms with Gasteiger partial charge in [0.15, 0.2) is 6.29 Å². The first-order valence-electron chi connectivity index (χ1n) is 3.92. The van der Waals surface area contributed by atoms with E-state index in [-0.39, 0.29) is 6.54 Å². The Kier molecular flexibility index (Phi) is 1.96. The Morgan fingerprint density at radius 3 is 2.85 bits per heavy atom. The molecule has 2 aromatic rings. The maximum absolute atomic E-state index is 8.75. The third-order valence-corrected chi connectivity index (χ3v) is 1.76. The minimum Gasteiger partial charge on any atom is -0.367 e. The van der Waals surface area contributed by atoms with Gasteiger partial charge in [-0.2, -0.15) is 0 Å². The fourth-order valence-electron chi connectivity index (χ4n) is 1.21. The highest BCUT2D eigenvalue weighted by atomic mass is 16.5. The molecule has 0 fully saturated rings. The van der Waals surface area contributed by atoms with Crippen LogP contribution in [0, 0.1) is 0 Å². The number of hydrogen-bond acceptors (Lipinski definition) is 4. The molecule has 0 amide bonds. The smallest absolute Gasteiger partial charge is 0.171 e. The SMILES string of the molecule is OC(O)Cn1nnc2ccccc21. The maximum atomic E-state index is 8.75. The zero-order valence-electron chi connectivity index (χ0n) is 6.83. The second-order valence-corrected chi connectivity index (χ2v) is 2.74. The van der Waals surface area contributed by atoms with Crippen molar-refractivity contribution in [2.45, 2.75) is 12.8 Å². The van der Waals surface area contributed by atoms with Crippen LogP contribution in [0.2, 0.25) is 0 Å². The van der Waals surface area contributed by atoms with Crippen LogP contribution in [-0.4, -0.2) is 31.5 Å². The molecule has 13 heavy (non-hydrogen) atoms. The third kappa shape index (κ3) is 1.51. The van der Waals surface area contributed by atoms with E-state index in [0.29, 0.717) is 0 Å². The number of aliphatic hydroxyl groups is 2. The molecule has 0 atom stereocenters. The molecule has 5 nitrogen and oxygen atoms in total. The number of rotatable bonds is 2. The lowest BCUT2D eigenvalue weighted by Crippen LogP contribution is -2.15. The van der Waals surface area contributed by atoms with Gasteiger partial charge in [0.25, 0.3) is 0 Å². The highest BCUT2D eigenvalue weighted by Gasteiger charge is 2.05. The molecule has 2 N–H and O–H groups in total. The molecule has 1 aromatic heterocycles. The molecule has 0 bridgehead atoms. The second kappa shape index (κ2) is 3.12. The van der Waals surface area contributed by atoms with Gasteiger partial charge in [0, 0.05) is 0 Å². The van der Waals surface area contributed by atoms with Gasteiger partial charge in [0.05, 0.1) is 12.1 Å². The summed E-state index contributed by atoms with van der Waals surface area (Å²) in [4.78, 5) is 0. The van der Waals surface area contributed by atoms with Crippen molar-refractivity contribution in [3.63, 3.8) is 0 Å². The first-order valence-corrected chi connectivity index (χ1v) is 3.92. The second-order valence-electron chi connectivity index (χ2n) is 2.74. The molecule has 2 rings (SSSR count). The Labute approximate surface area is 74.2 Å². The van der Waals surface area contributed by atoms with Gasteiger partial charge in [-0.3, -0.25) is 0 Å². The molecule has 1 aromatic carbocycles. The van der Waals surface area contributed by atoms with Crippen molar-refractivity contribution in [2.75, 3.05) is 0 Å². The van der Waals surface area contributed by atoms with Crippen molar-refractivity contribution >= 4 is 11.0 Å². The molecule has 1 heterocycles. The molecule has 0 spiro atoms. The summed E-state index contributed by atoms with van der Waals surface area (Å²) in [5.41, 5.74) is 1.55. The van der Waals surface area contributed by atoms with E-state index < -0.39 is 6.29 Å². The molecular formula is C8H9N3O2. The summed E-state index contributed by atoms with van der Waals surface area (Å²) in [6.07, 6.45) is -1.40. The number of benzene rings is 1. The zero-order chi connectivity index (χ0) is 9.26. The molecule has 0 aliphatic rings. The number of aromatic nitrogens is 3. The van der Waals surface area contributed by atoms with Crippen LogP contribution in [0.3, 0.4) is 0 Å². The predicted octanol–water partition coefficient (Wildman–Crippen LogP) is -0.258. The average molecular weight is 179 g/mol. The quantitative estimate of drug-likeness (QED) is 0.623. The van der Waals surface area contributed by atoms with E-state index >= 15 is 0 Å². The first-order chi connectivity index (χ1) is 6.27. The number of para-hydroxylation sites is 1. The van der Waals surface area contributed by atoms with Gasteiger partial charge in [-0.05, 0) is 12.1 Å². The van der Waals surface area contributed by atoms with Crippen molar-refractivity contribution in [3.05, 3.63) is 24.3 Å². The van der Waals surface area contributed by atoms with Crippen molar-refractivity contribution < 1.29 is 10.2 Å².